The lowest BCUT2D eigenvalue weighted by Crippen LogP contribution is -2.52. The Hall–Kier alpha value is -2.62. The number of methoxy groups -OCH3 is 1. The van der Waals surface area contributed by atoms with Crippen LogP contribution in [0.3, 0.4) is 0 Å². The highest BCUT2D eigenvalue weighted by Gasteiger charge is 2.34. The van der Waals surface area contributed by atoms with Crippen molar-refractivity contribution in [1.82, 2.24) is 15.5 Å². The lowest BCUT2D eigenvalue weighted by Gasteiger charge is -2.34. The van der Waals surface area contributed by atoms with Crippen LogP contribution < -0.4 is 10.6 Å². The second-order valence-corrected chi connectivity index (χ2v) is 5.76. The normalized spacial score (nSPS) is 17.2. The zero-order valence-corrected chi connectivity index (χ0v) is 13.9. The molecule has 10 heteroatoms. The number of benzene rings is 1. The van der Waals surface area contributed by atoms with Crippen LogP contribution >= 0.6 is 0 Å². The van der Waals surface area contributed by atoms with E-state index in [0.29, 0.717) is 6.42 Å². The van der Waals surface area contributed by atoms with Gasteiger partial charge in [-0.05, 0) is 17.5 Å². The third-order valence-electron chi connectivity index (χ3n) is 3.87. The molecule has 1 aromatic carbocycles. The van der Waals surface area contributed by atoms with Crippen molar-refractivity contribution in [2.75, 3.05) is 20.2 Å². The predicted molar refractivity (Wildman–Crippen MR) is 84.0 cm³/mol. The first-order chi connectivity index (χ1) is 12.2. The van der Waals surface area contributed by atoms with Gasteiger partial charge in [0.05, 0.1) is 13.7 Å². The fraction of sp³-hybridized carbons (Fsp3) is 0.438. The van der Waals surface area contributed by atoms with E-state index < -0.39 is 36.7 Å². The van der Waals surface area contributed by atoms with E-state index in [2.05, 4.69) is 0 Å². The number of alkyl halides is 3. The minimum absolute atomic E-state index is 0.271. The quantitative estimate of drug-likeness (QED) is 0.768. The standard InChI is InChI=1S/C16H18F3N3O4/c1-26-14(24)12-6-10-4-2-3-5-11(10)7-22(12)8-13(23)21-15(25)20-9-16(17,18)19/h2-5,12H,6-9H2,1H3,(H2,20,21,23,25)/t12-/m1/s1. The fourth-order valence-corrected chi connectivity index (χ4v) is 2.69. The Bertz CT molecular complexity index is 694. The number of esters is 1. The Morgan fingerprint density at radius 3 is 2.50 bits per heavy atom. The van der Waals surface area contributed by atoms with E-state index in [0.717, 1.165) is 11.1 Å². The number of urea groups is 1. The molecule has 3 amide bonds. The van der Waals surface area contributed by atoms with Crippen LogP contribution in [0.2, 0.25) is 0 Å². The maximum Gasteiger partial charge on any atom is 0.405 e. The molecule has 1 aliphatic rings. The van der Waals surface area contributed by atoms with Gasteiger partial charge in [-0.2, -0.15) is 13.2 Å². The number of nitrogens with one attached hydrogen (secondary N) is 2. The van der Waals surface area contributed by atoms with Crippen molar-refractivity contribution in [1.29, 1.82) is 0 Å². The summed E-state index contributed by atoms with van der Waals surface area (Å²) >= 11 is 0. The Morgan fingerprint density at radius 2 is 1.88 bits per heavy atom. The van der Waals surface area contributed by atoms with Gasteiger partial charge in [0.15, 0.2) is 0 Å². The van der Waals surface area contributed by atoms with Crippen molar-refractivity contribution in [3.63, 3.8) is 0 Å². The number of hydrogen-bond donors (Lipinski definition) is 2. The molecule has 0 radical (unpaired) electrons. The number of carbonyl (C=O) groups is 3. The molecule has 7 nitrogen and oxygen atoms in total. The number of hydrogen-bond acceptors (Lipinski definition) is 5. The summed E-state index contributed by atoms with van der Waals surface area (Å²) in [6.45, 7) is -1.62. The van der Waals surface area contributed by atoms with Gasteiger partial charge in [0.1, 0.15) is 12.6 Å². The molecule has 1 atom stereocenters. The van der Waals surface area contributed by atoms with E-state index in [9.17, 15) is 27.6 Å². The number of fused-ring (bicyclic) bond motifs is 1. The van der Waals surface area contributed by atoms with Gasteiger partial charge in [-0.3, -0.25) is 19.8 Å². The van der Waals surface area contributed by atoms with E-state index >= 15 is 0 Å². The number of rotatable bonds is 4. The Kier molecular flexibility index (Phi) is 6.19. The Balaban J connectivity index is 2.00. The fourth-order valence-electron chi connectivity index (χ4n) is 2.69. The van der Waals surface area contributed by atoms with E-state index in [1.165, 1.54) is 12.0 Å². The number of ether oxygens (including phenoxy) is 1. The lowest BCUT2D eigenvalue weighted by molar-refractivity contribution is -0.148. The van der Waals surface area contributed by atoms with Crippen LogP contribution in [-0.2, 0) is 27.3 Å². The Morgan fingerprint density at radius 1 is 1.23 bits per heavy atom. The third kappa shape index (κ3) is 5.45. The van der Waals surface area contributed by atoms with Crippen LogP contribution in [-0.4, -0.2) is 55.2 Å². The molecule has 0 saturated carbocycles. The van der Waals surface area contributed by atoms with Crippen LogP contribution in [0.25, 0.3) is 0 Å². The van der Waals surface area contributed by atoms with Crippen LogP contribution in [0.4, 0.5) is 18.0 Å². The molecule has 0 bridgehead atoms. The van der Waals surface area contributed by atoms with E-state index in [4.69, 9.17) is 4.74 Å². The van der Waals surface area contributed by atoms with E-state index in [-0.39, 0.29) is 13.1 Å². The number of amides is 3. The predicted octanol–water partition coefficient (Wildman–Crippen LogP) is 0.974. The smallest absolute Gasteiger partial charge is 0.405 e. The maximum absolute atomic E-state index is 12.1. The SMILES string of the molecule is COC(=O)[C@H]1Cc2ccccc2CN1CC(=O)NC(=O)NCC(F)(F)F. The number of imide groups is 1. The van der Waals surface area contributed by atoms with Crippen molar-refractivity contribution in [2.24, 2.45) is 0 Å². The van der Waals surface area contributed by atoms with Gasteiger partial charge in [-0.15, -0.1) is 0 Å². The largest absolute Gasteiger partial charge is 0.468 e. The minimum Gasteiger partial charge on any atom is -0.468 e. The minimum atomic E-state index is -4.58. The van der Waals surface area contributed by atoms with Crippen LogP contribution in [0, 0.1) is 0 Å². The van der Waals surface area contributed by atoms with Crippen molar-refractivity contribution in [2.45, 2.75) is 25.2 Å². The number of nitrogens with zero attached hydrogens (tertiary/aromatic N) is 1. The lowest BCUT2D eigenvalue weighted by atomic mass is 9.94. The van der Waals surface area contributed by atoms with Crippen LogP contribution in [0.1, 0.15) is 11.1 Å². The number of carbonyl (C=O) groups excluding carboxylic acids is 3. The van der Waals surface area contributed by atoms with Gasteiger partial charge in [0, 0.05) is 6.54 Å². The summed E-state index contributed by atoms with van der Waals surface area (Å²) in [6, 6.07) is 5.40. The highest BCUT2D eigenvalue weighted by Crippen LogP contribution is 2.23. The molecule has 0 aliphatic carbocycles. The second-order valence-electron chi connectivity index (χ2n) is 5.76. The zero-order chi connectivity index (χ0) is 19.3. The summed E-state index contributed by atoms with van der Waals surface area (Å²) in [6.07, 6.45) is -4.25. The molecule has 26 heavy (non-hydrogen) atoms. The average molecular weight is 373 g/mol. The van der Waals surface area contributed by atoms with E-state index in [1.807, 2.05) is 29.6 Å². The highest BCUT2D eigenvalue weighted by atomic mass is 19.4. The van der Waals surface area contributed by atoms with Crippen LogP contribution in [0.15, 0.2) is 24.3 Å². The van der Waals surface area contributed by atoms with Gasteiger partial charge in [-0.25, -0.2) is 4.79 Å². The molecule has 0 aromatic heterocycles. The van der Waals surface area contributed by atoms with Gasteiger partial charge >= 0.3 is 18.2 Å². The molecule has 1 aromatic rings. The van der Waals surface area contributed by atoms with Crippen molar-refractivity contribution in [3.8, 4) is 0 Å². The van der Waals surface area contributed by atoms with Gasteiger partial charge in [0.25, 0.3) is 0 Å². The first-order valence-electron chi connectivity index (χ1n) is 7.72. The van der Waals surface area contributed by atoms with Crippen LogP contribution in [0.5, 0.6) is 0 Å². The summed E-state index contributed by atoms with van der Waals surface area (Å²) in [4.78, 5) is 36.8. The molecule has 0 saturated heterocycles. The molecule has 142 valence electrons. The summed E-state index contributed by atoms with van der Waals surface area (Å²) < 4.78 is 40.9. The molecular weight excluding hydrogens is 355 g/mol. The molecule has 1 heterocycles. The summed E-state index contributed by atoms with van der Waals surface area (Å²) in [5.41, 5.74) is 1.87. The third-order valence-corrected chi connectivity index (χ3v) is 3.87. The van der Waals surface area contributed by atoms with E-state index in [1.54, 1.807) is 5.32 Å². The molecule has 0 unspecified atom stereocenters. The maximum atomic E-state index is 12.1. The van der Waals surface area contributed by atoms with Gasteiger partial charge in [0.2, 0.25) is 5.91 Å². The first kappa shape index (κ1) is 19.7. The van der Waals surface area contributed by atoms with Gasteiger partial charge < -0.3 is 10.1 Å². The van der Waals surface area contributed by atoms with Crippen molar-refractivity contribution < 1.29 is 32.3 Å². The topological polar surface area (TPSA) is 87.7 Å². The molecule has 0 spiro atoms. The average Bonchev–Trinajstić information content (AvgIpc) is 2.58. The number of halogens is 3. The summed E-state index contributed by atoms with van der Waals surface area (Å²) in [7, 11) is 1.23. The first-order valence-corrected chi connectivity index (χ1v) is 7.72. The van der Waals surface area contributed by atoms with Crippen molar-refractivity contribution in [3.05, 3.63) is 35.4 Å². The summed E-state index contributed by atoms with van der Waals surface area (Å²) in [5, 5.41) is 3.36. The zero-order valence-electron chi connectivity index (χ0n) is 13.9. The Labute approximate surface area is 147 Å². The van der Waals surface area contributed by atoms with Gasteiger partial charge in [-0.1, -0.05) is 24.3 Å². The highest BCUT2D eigenvalue weighted by molar-refractivity contribution is 5.95. The molecule has 0 fully saturated rings. The monoisotopic (exact) mass is 373 g/mol. The molecule has 2 rings (SSSR count). The molecular formula is C16H18F3N3O4. The van der Waals surface area contributed by atoms with Crippen molar-refractivity contribution >= 4 is 17.9 Å². The molecule has 2 N–H and O–H groups in total. The summed E-state index contributed by atoms with van der Waals surface area (Å²) in [5.74, 6) is -1.35. The second kappa shape index (κ2) is 8.17. The molecule has 1 aliphatic heterocycles.